The first-order valence-corrected chi connectivity index (χ1v) is 7.17. The molecule has 0 radical (unpaired) electrons. The van der Waals surface area contributed by atoms with Crippen LogP contribution in [-0.4, -0.2) is 19.3 Å². The number of nitrogens with zero attached hydrogens (tertiary/aromatic N) is 1. The zero-order chi connectivity index (χ0) is 13.1. The summed E-state index contributed by atoms with van der Waals surface area (Å²) in [6, 6.07) is 8.30. The Hall–Kier alpha value is -1.37. The van der Waals surface area contributed by atoms with Gasteiger partial charge in [0.2, 0.25) is 0 Å². The summed E-state index contributed by atoms with van der Waals surface area (Å²) < 4.78 is 6.01. The van der Waals surface area contributed by atoms with E-state index in [2.05, 4.69) is 22.3 Å². The van der Waals surface area contributed by atoms with Crippen LogP contribution in [0.2, 0.25) is 0 Å². The van der Waals surface area contributed by atoms with Gasteiger partial charge in [-0.3, -0.25) is 0 Å². The summed E-state index contributed by atoms with van der Waals surface area (Å²) in [6.45, 7) is 8.95. The molecule has 1 aromatic carbocycles. The van der Waals surface area contributed by atoms with E-state index < -0.39 is 0 Å². The molecule has 1 N–H and O–H groups in total. The van der Waals surface area contributed by atoms with E-state index in [0.29, 0.717) is 17.8 Å². The number of benzene rings is 1. The van der Waals surface area contributed by atoms with Crippen LogP contribution in [0.5, 0.6) is 0 Å². The average molecular weight is 256 g/mol. The van der Waals surface area contributed by atoms with Gasteiger partial charge in [0, 0.05) is 12.6 Å². The first-order chi connectivity index (χ1) is 9.35. The molecule has 2 fully saturated rings. The van der Waals surface area contributed by atoms with Crippen LogP contribution in [0, 0.1) is 12.5 Å². The molecule has 3 rings (SSSR count). The smallest absolute Gasteiger partial charge is 0.187 e. The van der Waals surface area contributed by atoms with Crippen molar-refractivity contribution in [3.8, 4) is 0 Å². The topological polar surface area (TPSA) is 25.6 Å². The molecule has 1 aromatic rings. The Labute approximate surface area is 114 Å². The molecule has 2 atom stereocenters. The standard InChI is InChI=1S/C16H20N2O/c1-17-14-6-4-13(5-7-14)16-10-15(8-9-18-16)19-11-12-2-3-12/h4-7,12,15-16,18H,2-3,8-11H2/t15-,16-/m0/s1. The maximum Gasteiger partial charge on any atom is 0.187 e. The molecule has 1 saturated heterocycles. The third-order valence-electron chi connectivity index (χ3n) is 4.04. The lowest BCUT2D eigenvalue weighted by molar-refractivity contribution is 0.0159. The minimum Gasteiger partial charge on any atom is -0.378 e. The Morgan fingerprint density at radius 2 is 2.00 bits per heavy atom. The number of piperidine rings is 1. The molecule has 3 nitrogen and oxygen atoms in total. The van der Waals surface area contributed by atoms with Gasteiger partial charge >= 0.3 is 0 Å². The van der Waals surface area contributed by atoms with E-state index in [1.807, 2.05) is 12.1 Å². The lowest BCUT2D eigenvalue weighted by Crippen LogP contribution is -2.36. The lowest BCUT2D eigenvalue weighted by atomic mass is 9.95. The number of ether oxygens (including phenoxy) is 1. The van der Waals surface area contributed by atoms with E-state index in [-0.39, 0.29) is 0 Å². The van der Waals surface area contributed by atoms with E-state index in [1.165, 1.54) is 18.4 Å². The Morgan fingerprint density at radius 1 is 1.21 bits per heavy atom. The van der Waals surface area contributed by atoms with Gasteiger partial charge in [-0.25, -0.2) is 4.85 Å². The summed E-state index contributed by atoms with van der Waals surface area (Å²) in [5, 5.41) is 3.55. The molecule has 0 unspecified atom stereocenters. The van der Waals surface area contributed by atoms with E-state index in [9.17, 15) is 0 Å². The van der Waals surface area contributed by atoms with Crippen molar-refractivity contribution >= 4 is 5.69 Å². The molecule has 3 heteroatoms. The van der Waals surface area contributed by atoms with Gasteiger partial charge in [0.1, 0.15) is 0 Å². The second-order valence-corrected chi connectivity index (χ2v) is 5.63. The second-order valence-electron chi connectivity index (χ2n) is 5.63. The molecule has 1 saturated carbocycles. The van der Waals surface area contributed by atoms with Crippen molar-refractivity contribution in [3.63, 3.8) is 0 Å². The van der Waals surface area contributed by atoms with Crippen molar-refractivity contribution in [2.75, 3.05) is 13.2 Å². The van der Waals surface area contributed by atoms with Gasteiger partial charge in [-0.2, -0.15) is 0 Å². The van der Waals surface area contributed by atoms with Crippen LogP contribution in [0.25, 0.3) is 4.85 Å². The molecule has 0 bridgehead atoms. The second kappa shape index (κ2) is 5.73. The first kappa shape index (κ1) is 12.7. The maximum absolute atomic E-state index is 6.98. The molecular weight excluding hydrogens is 236 g/mol. The molecule has 0 amide bonds. The van der Waals surface area contributed by atoms with Gasteiger partial charge in [-0.15, -0.1) is 0 Å². The van der Waals surface area contributed by atoms with Crippen molar-refractivity contribution in [2.24, 2.45) is 5.92 Å². The van der Waals surface area contributed by atoms with Gasteiger partial charge in [-0.1, -0.05) is 24.3 Å². The summed E-state index contributed by atoms with van der Waals surface area (Å²) >= 11 is 0. The van der Waals surface area contributed by atoms with Gasteiger partial charge < -0.3 is 10.1 Å². The molecule has 1 aliphatic carbocycles. The van der Waals surface area contributed by atoms with Crippen molar-refractivity contribution in [2.45, 2.75) is 37.8 Å². The highest BCUT2D eigenvalue weighted by Gasteiger charge is 2.27. The molecule has 0 aromatic heterocycles. The molecule has 19 heavy (non-hydrogen) atoms. The van der Waals surface area contributed by atoms with Crippen LogP contribution < -0.4 is 5.32 Å². The Morgan fingerprint density at radius 3 is 2.68 bits per heavy atom. The summed E-state index contributed by atoms with van der Waals surface area (Å²) in [6.07, 6.45) is 5.26. The highest BCUT2D eigenvalue weighted by molar-refractivity contribution is 5.45. The van der Waals surface area contributed by atoms with Gasteiger partial charge in [0.05, 0.1) is 12.7 Å². The predicted octanol–water partition coefficient (Wildman–Crippen LogP) is 3.46. The summed E-state index contributed by atoms with van der Waals surface area (Å²) in [5.41, 5.74) is 1.98. The number of nitrogens with one attached hydrogen (secondary N) is 1. The normalized spacial score (nSPS) is 26.9. The van der Waals surface area contributed by atoms with Gasteiger partial charge in [0.25, 0.3) is 0 Å². The fourth-order valence-corrected chi connectivity index (χ4v) is 2.63. The van der Waals surface area contributed by atoms with Crippen molar-refractivity contribution in [1.29, 1.82) is 0 Å². The van der Waals surface area contributed by atoms with Crippen molar-refractivity contribution < 1.29 is 4.74 Å². The minimum absolute atomic E-state index is 0.373. The molecule has 1 heterocycles. The van der Waals surface area contributed by atoms with Crippen molar-refractivity contribution in [3.05, 3.63) is 41.2 Å². The predicted molar refractivity (Wildman–Crippen MR) is 75.1 cm³/mol. The number of rotatable bonds is 4. The fraction of sp³-hybridized carbons (Fsp3) is 0.562. The van der Waals surface area contributed by atoms with E-state index in [4.69, 9.17) is 11.3 Å². The summed E-state index contributed by atoms with van der Waals surface area (Å²) in [7, 11) is 0. The van der Waals surface area contributed by atoms with Crippen LogP contribution in [0.4, 0.5) is 5.69 Å². The summed E-state index contributed by atoms with van der Waals surface area (Å²) in [5.74, 6) is 0.839. The largest absolute Gasteiger partial charge is 0.378 e. The van der Waals surface area contributed by atoms with Crippen LogP contribution in [0.3, 0.4) is 0 Å². The Kier molecular flexibility index (Phi) is 3.82. The van der Waals surface area contributed by atoms with Crippen LogP contribution >= 0.6 is 0 Å². The Balaban J connectivity index is 1.58. The Bertz CT molecular complexity index is 459. The van der Waals surface area contributed by atoms with Gasteiger partial charge in [0.15, 0.2) is 5.69 Å². The zero-order valence-electron chi connectivity index (χ0n) is 11.1. The lowest BCUT2D eigenvalue weighted by Gasteiger charge is -2.30. The third kappa shape index (κ3) is 3.34. The SMILES string of the molecule is [C-]#[N+]c1ccc([C@@H]2C[C@@H](OCC3CC3)CCN2)cc1. The van der Waals surface area contributed by atoms with Crippen LogP contribution in [0.15, 0.2) is 24.3 Å². The number of hydrogen-bond donors (Lipinski definition) is 1. The average Bonchev–Trinajstić information content (AvgIpc) is 3.30. The quantitative estimate of drug-likeness (QED) is 0.835. The minimum atomic E-state index is 0.373. The first-order valence-electron chi connectivity index (χ1n) is 7.17. The van der Waals surface area contributed by atoms with E-state index >= 15 is 0 Å². The molecule has 2 aliphatic rings. The van der Waals surface area contributed by atoms with E-state index in [1.54, 1.807) is 0 Å². The van der Waals surface area contributed by atoms with Crippen LogP contribution in [0.1, 0.15) is 37.3 Å². The van der Waals surface area contributed by atoms with Crippen LogP contribution in [-0.2, 0) is 4.74 Å². The highest BCUT2D eigenvalue weighted by Crippen LogP contribution is 2.31. The highest BCUT2D eigenvalue weighted by atomic mass is 16.5. The fourth-order valence-electron chi connectivity index (χ4n) is 2.63. The summed E-state index contributed by atoms with van der Waals surface area (Å²) in [4.78, 5) is 3.43. The van der Waals surface area contributed by atoms with Gasteiger partial charge in [-0.05, 0) is 43.7 Å². The molecule has 1 aliphatic heterocycles. The molecular formula is C16H20N2O. The molecule has 0 spiro atoms. The maximum atomic E-state index is 6.98. The van der Waals surface area contributed by atoms with Crippen molar-refractivity contribution in [1.82, 2.24) is 5.32 Å². The zero-order valence-corrected chi connectivity index (χ0v) is 11.1. The molecule has 100 valence electrons. The third-order valence-corrected chi connectivity index (χ3v) is 4.04. The number of hydrogen-bond acceptors (Lipinski definition) is 2. The van der Waals surface area contributed by atoms with E-state index in [0.717, 1.165) is 31.9 Å². The monoisotopic (exact) mass is 256 g/mol.